The summed E-state index contributed by atoms with van der Waals surface area (Å²) in [5.41, 5.74) is -0.880. The maximum absolute atomic E-state index is 12.1. The van der Waals surface area contributed by atoms with Crippen LogP contribution in [0.3, 0.4) is 0 Å². The first kappa shape index (κ1) is 15.2. The van der Waals surface area contributed by atoms with Gasteiger partial charge >= 0.3 is 0 Å². The van der Waals surface area contributed by atoms with Crippen LogP contribution in [0.5, 0.6) is 0 Å². The minimum absolute atomic E-state index is 0.0985. The normalized spacial score (nSPS) is 19.3. The molecule has 0 aromatic heterocycles. The van der Waals surface area contributed by atoms with Gasteiger partial charge in [-0.25, -0.2) is 13.1 Å². The van der Waals surface area contributed by atoms with Crippen LogP contribution in [0, 0.1) is 3.57 Å². The van der Waals surface area contributed by atoms with Gasteiger partial charge in [0, 0.05) is 10.1 Å². The van der Waals surface area contributed by atoms with Crippen molar-refractivity contribution < 1.29 is 13.5 Å². The first-order valence-electron chi connectivity index (χ1n) is 6.39. The van der Waals surface area contributed by atoms with Gasteiger partial charge in [0.1, 0.15) is 0 Å². The van der Waals surface area contributed by atoms with Crippen LogP contribution in [0.4, 0.5) is 0 Å². The van der Waals surface area contributed by atoms with Crippen LogP contribution >= 0.6 is 22.6 Å². The summed E-state index contributed by atoms with van der Waals surface area (Å²) in [6, 6.07) is 6.67. The fraction of sp³-hybridized carbons (Fsp3) is 0.538. The van der Waals surface area contributed by atoms with Crippen LogP contribution in [0.2, 0.25) is 0 Å². The smallest absolute Gasteiger partial charge is 0.240 e. The number of aliphatic hydroxyl groups is 1. The van der Waals surface area contributed by atoms with Gasteiger partial charge in [0.2, 0.25) is 10.0 Å². The van der Waals surface area contributed by atoms with Crippen LogP contribution in [0.25, 0.3) is 0 Å². The highest BCUT2D eigenvalue weighted by Crippen LogP contribution is 2.27. The molecule has 0 bridgehead atoms. The van der Waals surface area contributed by atoms with Crippen molar-refractivity contribution in [2.24, 2.45) is 0 Å². The van der Waals surface area contributed by atoms with Crippen LogP contribution in [0.15, 0.2) is 29.2 Å². The molecule has 0 saturated heterocycles. The number of nitrogens with one attached hydrogen (secondary N) is 1. The van der Waals surface area contributed by atoms with Gasteiger partial charge in [-0.15, -0.1) is 0 Å². The Hall–Kier alpha value is -0.180. The van der Waals surface area contributed by atoms with Crippen molar-refractivity contribution in [1.29, 1.82) is 0 Å². The van der Waals surface area contributed by atoms with Crippen LogP contribution in [0.1, 0.15) is 32.1 Å². The summed E-state index contributed by atoms with van der Waals surface area (Å²) in [5, 5.41) is 10.3. The van der Waals surface area contributed by atoms with Gasteiger partial charge in [0.25, 0.3) is 0 Å². The molecule has 19 heavy (non-hydrogen) atoms. The number of benzene rings is 1. The van der Waals surface area contributed by atoms with Crippen molar-refractivity contribution in [3.05, 3.63) is 27.8 Å². The van der Waals surface area contributed by atoms with Gasteiger partial charge in [0.05, 0.1) is 10.5 Å². The fourth-order valence-corrected chi connectivity index (χ4v) is 3.79. The van der Waals surface area contributed by atoms with Crippen LogP contribution < -0.4 is 4.72 Å². The molecule has 0 heterocycles. The Labute approximate surface area is 127 Å². The molecule has 0 unspecified atom stereocenters. The Morgan fingerprint density at radius 2 is 1.74 bits per heavy atom. The van der Waals surface area contributed by atoms with Gasteiger partial charge in [-0.2, -0.15) is 0 Å². The monoisotopic (exact) mass is 395 g/mol. The van der Waals surface area contributed by atoms with Crippen LogP contribution in [-0.2, 0) is 10.0 Å². The van der Waals surface area contributed by atoms with Gasteiger partial charge in [0.15, 0.2) is 0 Å². The molecule has 0 atom stereocenters. The van der Waals surface area contributed by atoms with E-state index in [2.05, 4.69) is 27.3 Å². The van der Waals surface area contributed by atoms with E-state index < -0.39 is 15.6 Å². The van der Waals surface area contributed by atoms with Crippen molar-refractivity contribution in [3.8, 4) is 0 Å². The molecule has 1 aromatic carbocycles. The Balaban J connectivity index is 2.03. The lowest BCUT2D eigenvalue weighted by Crippen LogP contribution is -2.44. The zero-order valence-electron chi connectivity index (χ0n) is 10.6. The number of halogens is 1. The highest BCUT2D eigenvalue weighted by molar-refractivity contribution is 14.1. The zero-order valence-corrected chi connectivity index (χ0v) is 13.6. The fourth-order valence-electron chi connectivity index (χ4n) is 2.31. The first-order valence-corrected chi connectivity index (χ1v) is 8.95. The van der Waals surface area contributed by atoms with E-state index in [9.17, 15) is 13.5 Å². The molecular formula is C13H18INO3S. The lowest BCUT2D eigenvalue weighted by atomic mass is 9.85. The summed E-state index contributed by atoms with van der Waals surface area (Å²) in [6.07, 6.45) is 4.38. The number of rotatable bonds is 4. The van der Waals surface area contributed by atoms with E-state index in [1.807, 2.05) is 0 Å². The molecule has 2 rings (SSSR count). The molecule has 106 valence electrons. The van der Waals surface area contributed by atoms with Crippen molar-refractivity contribution in [2.45, 2.75) is 42.6 Å². The molecule has 2 N–H and O–H groups in total. The summed E-state index contributed by atoms with van der Waals surface area (Å²) in [5.74, 6) is 0. The summed E-state index contributed by atoms with van der Waals surface area (Å²) < 4.78 is 27.7. The van der Waals surface area contributed by atoms with Gasteiger partial charge in [-0.1, -0.05) is 19.3 Å². The van der Waals surface area contributed by atoms with Gasteiger partial charge in [-0.3, -0.25) is 0 Å². The highest BCUT2D eigenvalue weighted by Gasteiger charge is 2.30. The highest BCUT2D eigenvalue weighted by atomic mass is 127. The molecule has 0 amide bonds. The van der Waals surface area contributed by atoms with Gasteiger partial charge in [-0.05, 0) is 59.7 Å². The molecule has 1 saturated carbocycles. The van der Waals surface area contributed by atoms with Crippen molar-refractivity contribution in [1.82, 2.24) is 4.72 Å². The minimum atomic E-state index is -3.53. The Kier molecular flexibility index (Phi) is 4.86. The predicted molar refractivity (Wildman–Crippen MR) is 82.4 cm³/mol. The maximum atomic E-state index is 12.1. The molecule has 4 nitrogen and oxygen atoms in total. The molecule has 0 radical (unpaired) electrons. The average molecular weight is 395 g/mol. The summed E-state index contributed by atoms with van der Waals surface area (Å²) >= 11 is 2.13. The van der Waals surface area contributed by atoms with E-state index in [1.165, 1.54) is 0 Å². The van der Waals surface area contributed by atoms with E-state index in [0.29, 0.717) is 12.8 Å². The number of sulfonamides is 1. The minimum Gasteiger partial charge on any atom is -0.389 e. The number of hydrogen-bond donors (Lipinski definition) is 2. The number of hydrogen-bond acceptors (Lipinski definition) is 3. The third-order valence-corrected chi connectivity index (χ3v) is 5.64. The quantitative estimate of drug-likeness (QED) is 0.769. The molecule has 1 aromatic rings. The molecule has 1 fully saturated rings. The van der Waals surface area contributed by atoms with E-state index in [-0.39, 0.29) is 11.4 Å². The van der Waals surface area contributed by atoms with Crippen molar-refractivity contribution in [3.63, 3.8) is 0 Å². The average Bonchev–Trinajstić information content (AvgIpc) is 2.38. The van der Waals surface area contributed by atoms with E-state index in [0.717, 1.165) is 22.8 Å². The van der Waals surface area contributed by atoms with Crippen molar-refractivity contribution in [2.75, 3.05) is 6.54 Å². The molecule has 1 aliphatic carbocycles. The van der Waals surface area contributed by atoms with Crippen molar-refractivity contribution >= 4 is 32.6 Å². The lowest BCUT2D eigenvalue weighted by Gasteiger charge is -2.32. The Morgan fingerprint density at radius 1 is 1.16 bits per heavy atom. The summed E-state index contributed by atoms with van der Waals surface area (Å²) in [4.78, 5) is 0.243. The summed E-state index contributed by atoms with van der Waals surface area (Å²) in [6.45, 7) is 0.0985. The third-order valence-electron chi connectivity index (χ3n) is 3.50. The maximum Gasteiger partial charge on any atom is 0.240 e. The standard InChI is InChI=1S/C13H18INO3S/c14-11-4-6-12(7-5-11)19(17,18)15-10-13(16)8-2-1-3-9-13/h4-7,15-16H,1-3,8-10H2. The Morgan fingerprint density at radius 3 is 2.32 bits per heavy atom. The topological polar surface area (TPSA) is 66.4 Å². The zero-order chi connectivity index (χ0) is 13.9. The van der Waals surface area contributed by atoms with E-state index >= 15 is 0 Å². The second kappa shape index (κ2) is 6.07. The van der Waals surface area contributed by atoms with Gasteiger partial charge < -0.3 is 5.11 Å². The second-order valence-electron chi connectivity index (χ2n) is 5.06. The summed E-state index contributed by atoms with van der Waals surface area (Å²) in [7, 11) is -3.53. The first-order chi connectivity index (χ1) is 8.91. The molecular weight excluding hydrogens is 377 g/mol. The molecule has 1 aliphatic rings. The predicted octanol–water partition coefficient (Wildman–Crippen LogP) is 2.26. The lowest BCUT2D eigenvalue weighted by molar-refractivity contribution is 0.00945. The van der Waals surface area contributed by atoms with E-state index in [4.69, 9.17) is 0 Å². The third kappa shape index (κ3) is 4.14. The SMILES string of the molecule is O=S(=O)(NCC1(O)CCCCC1)c1ccc(I)cc1. The van der Waals surface area contributed by atoms with E-state index in [1.54, 1.807) is 24.3 Å². The second-order valence-corrected chi connectivity index (χ2v) is 8.08. The Bertz CT molecular complexity index is 521. The molecule has 6 heteroatoms. The largest absolute Gasteiger partial charge is 0.389 e. The van der Waals surface area contributed by atoms with Crippen LogP contribution in [-0.4, -0.2) is 25.7 Å². The molecule has 0 aliphatic heterocycles. The molecule has 0 spiro atoms.